The molecule has 41 heavy (non-hydrogen) atoms. The summed E-state index contributed by atoms with van der Waals surface area (Å²) in [7, 11) is 0. The molecule has 1 aromatic heterocycles. The number of fused-ring (bicyclic) bond motifs is 2. The van der Waals surface area contributed by atoms with Crippen molar-refractivity contribution in [3.05, 3.63) is 51.3 Å². The molecule has 3 aliphatic carbocycles. The van der Waals surface area contributed by atoms with Crippen LogP contribution in [0.5, 0.6) is 0 Å². The number of rotatable bonds is 8. The van der Waals surface area contributed by atoms with Crippen LogP contribution in [0.15, 0.2) is 24.4 Å². The van der Waals surface area contributed by atoms with Gasteiger partial charge in [-0.1, -0.05) is 36.2 Å². The van der Waals surface area contributed by atoms with Gasteiger partial charge >= 0.3 is 12.1 Å². The zero-order chi connectivity index (χ0) is 29.7. The van der Waals surface area contributed by atoms with E-state index in [1.807, 2.05) is 0 Å². The third-order valence-corrected chi connectivity index (χ3v) is 10.0. The maximum atomic E-state index is 14.5. The van der Waals surface area contributed by atoms with Crippen molar-refractivity contribution in [2.45, 2.75) is 76.9 Å². The molecule has 0 spiro atoms. The van der Waals surface area contributed by atoms with Crippen LogP contribution in [-0.2, 0) is 11.0 Å². The fraction of sp³-hybridized carbons (Fsp3) is 0.586. The van der Waals surface area contributed by atoms with Crippen LogP contribution in [0, 0.1) is 16.7 Å². The number of carbonyl (C=O) groups is 3. The zero-order valence-electron chi connectivity index (χ0n) is 22.6. The third kappa shape index (κ3) is 5.87. The van der Waals surface area contributed by atoms with E-state index in [0.717, 1.165) is 43.0 Å². The van der Waals surface area contributed by atoms with Crippen molar-refractivity contribution in [3.63, 3.8) is 0 Å². The second-order valence-electron chi connectivity index (χ2n) is 12.4. The van der Waals surface area contributed by atoms with Gasteiger partial charge in [-0.3, -0.25) is 19.1 Å². The molecule has 3 saturated carbocycles. The van der Waals surface area contributed by atoms with Gasteiger partial charge in [-0.15, -0.1) is 0 Å². The lowest BCUT2D eigenvalue weighted by Gasteiger charge is -2.34. The van der Waals surface area contributed by atoms with Gasteiger partial charge in [0.1, 0.15) is 0 Å². The highest BCUT2D eigenvalue weighted by Gasteiger charge is 2.53. The van der Waals surface area contributed by atoms with Crippen LogP contribution >= 0.6 is 23.2 Å². The number of nitrogens with zero attached hydrogens (tertiary/aromatic N) is 3. The zero-order valence-corrected chi connectivity index (χ0v) is 24.2. The van der Waals surface area contributed by atoms with Crippen molar-refractivity contribution in [2.75, 3.05) is 13.1 Å². The number of halogens is 5. The lowest BCUT2D eigenvalue weighted by atomic mass is 9.82. The summed E-state index contributed by atoms with van der Waals surface area (Å²) in [5.74, 6) is -3.06. The largest absolute Gasteiger partial charge is 0.481 e. The van der Waals surface area contributed by atoms with Crippen molar-refractivity contribution in [3.8, 4) is 0 Å². The van der Waals surface area contributed by atoms with E-state index in [0.29, 0.717) is 0 Å². The molecule has 1 aromatic carbocycles. The van der Waals surface area contributed by atoms with Gasteiger partial charge in [0.2, 0.25) is 0 Å². The summed E-state index contributed by atoms with van der Waals surface area (Å²) in [5, 5.41) is 13.5. The number of aromatic nitrogens is 2. The third-order valence-electron chi connectivity index (χ3n) is 9.40. The van der Waals surface area contributed by atoms with E-state index >= 15 is 0 Å². The molecule has 0 saturated heterocycles. The van der Waals surface area contributed by atoms with E-state index in [-0.39, 0.29) is 58.7 Å². The first-order valence-electron chi connectivity index (χ1n) is 13.9. The monoisotopic (exact) mass is 613 g/mol. The van der Waals surface area contributed by atoms with Crippen LogP contribution in [0.4, 0.5) is 13.2 Å². The number of alkyl halides is 3. The fourth-order valence-electron chi connectivity index (χ4n) is 7.29. The Morgan fingerprint density at radius 2 is 1.68 bits per heavy atom. The topological polar surface area (TPSA) is 92.5 Å². The fourth-order valence-corrected chi connectivity index (χ4v) is 7.90. The summed E-state index contributed by atoms with van der Waals surface area (Å²) in [6, 6.07) is 3.88. The second kappa shape index (κ2) is 10.9. The standard InChI is InChI=1S/C29H32Cl2F3N3O4/c1-27-9-11-28(15-27,12-10-27)16-36(14-22(38)23-20(30)3-2-4-21(23)31)25(39)19-13-35-37(24(19)29(32,33)34)18-7-5-17(6-8-18)26(40)41/h2-4,13,17-18H,5-12,14-16H2,1H3,(H,40,41). The maximum absolute atomic E-state index is 14.5. The first-order valence-corrected chi connectivity index (χ1v) is 14.6. The summed E-state index contributed by atoms with van der Waals surface area (Å²) in [5.41, 5.74) is -1.92. The quantitative estimate of drug-likeness (QED) is 0.315. The van der Waals surface area contributed by atoms with Crippen molar-refractivity contribution in [1.29, 1.82) is 0 Å². The van der Waals surface area contributed by atoms with E-state index in [9.17, 15) is 32.7 Å². The van der Waals surface area contributed by atoms with E-state index in [4.69, 9.17) is 23.2 Å². The second-order valence-corrected chi connectivity index (χ2v) is 13.2. The molecule has 12 heteroatoms. The highest BCUT2D eigenvalue weighted by molar-refractivity contribution is 6.40. The van der Waals surface area contributed by atoms with E-state index in [2.05, 4.69) is 12.0 Å². The van der Waals surface area contributed by atoms with Gasteiger partial charge in [-0.25, -0.2) is 0 Å². The normalized spacial score (nSPS) is 27.7. The molecular weight excluding hydrogens is 582 g/mol. The number of aliphatic carboxylic acids is 1. The number of carbonyl (C=O) groups excluding carboxylic acids is 2. The number of benzene rings is 1. The Kier molecular flexibility index (Phi) is 7.96. The number of hydrogen-bond donors (Lipinski definition) is 1. The SMILES string of the molecule is CC12CCC(CN(CC(=O)c3c(Cl)cccc3Cl)C(=O)c3cnn(C4CCC(C(=O)O)CC4)c3C(F)(F)F)(CC1)C2. The van der Waals surface area contributed by atoms with Crippen molar-refractivity contribution in [2.24, 2.45) is 16.7 Å². The summed E-state index contributed by atoms with van der Waals surface area (Å²) >= 11 is 12.5. The van der Waals surface area contributed by atoms with Crippen LogP contribution in [0.1, 0.15) is 97.2 Å². The molecule has 1 heterocycles. The Hall–Kier alpha value is -2.59. The molecule has 1 N–H and O–H groups in total. The Balaban J connectivity index is 1.49. The number of carboxylic acids is 1. The van der Waals surface area contributed by atoms with Gasteiger partial charge in [0.25, 0.3) is 5.91 Å². The molecule has 0 aliphatic heterocycles. The summed E-state index contributed by atoms with van der Waals surface area (Å²) < 4.78 is 44.4. The summed E-state index contributed by atoms with van der Waals surface area (Å²) in [6.07, 6.45) is 1.29. The first-order chi connectivity index (χ1) is 19.2. The van der Waals surface area contributed by atoms with Crippen molar-refractivity contribution >= 4 is 40.9 Å². The van der Waals surface area contributed by atoms with E-state index in [1.54, 1.807) is 6.07 Å². The van der Waals surface area contributed by atoms with Crippen LogP contribution in [0.3, 0.4) is 0 Å². The van der Waals surface area contributed by atoms with Gasteiger partial charge in [0.05, 0.1) is 45.9 Å². The molecule has 0 unspecified atom stereocenters. The predicted octanol–water partition coefficient (Wildman–Crippen LogP) is 7.32. The molecule has 1 amide bonds. The number of Topliss-reactive ketones (excluding diaryl/α,β-unsaturated/α-hetero) is 1. The van der Waals surface area contributed by atoms with E-state index < -0.39 is 53.6 Å². The van der Waals surface area contributed by atoms with Crippen LogP contribution in [-0.4, -0.2) is 50.5 Å². The van der Waals surface area contributed by atoms with Crippen LogP contribution in [0.2, 0.25) is 10.0 Å². The summed E-state index contributed by atoms with van der Waals surface area (Å²) in [4.78, 5) is 40.0. The molecule has 5 rings (SSSR count). The highest BCUT2D eigenvalue weighted by atomic mass is 35.5. The predicted molar refractivity (Wildman–Crippen MR) is 146 cm³/mol. The van der Waals surface area contributed by atoms with Crippen molar-refractivity contribution < 1.29 is 32.7 Å². The molecule has 222 valence electrons. The van der Waals surface area contributed by atoms with Gasteiger partial charge in [-0.05, 0) is 80.8 Å². The van der Waals surface area contributed by atoms with Gasteiger partial charge < -0.3 is 10.0 Å². The van der Waals surface area contributed by atoms with Crippen LogP contribution < -0.4 is 0 Å². The Morgan fingerprint density at radius 3 is 2.20 bits per heavy atom. The molecule has 3 aliphatic rings. The molecule has 2 bridgehead atoms. The van der Waals surface area contributed by atoms with Gasteiger partial charge in [-0.2, -0.15) is 18.3 Å². The highest BCUT2D eigenvalue weighted by Crippen LogP contribution is 2.61. The average molecular weight is 614 g/mol. The molecule has 3 fully saturated rings. The Bertz CT molecular complexity index is 1340. The number of amides is 1. The lowest BCUT2D eigenvalue weighted by Crippen LogP contribution is -2.43. The number of ketones is 1. The number of carboxylic acid groups (broad SMARTS) is 1. The molecule has 0 atom stereocenters. The first kappa shape index (κ1) is 29.9. The van der Waals surface area contributed by atoms with Gasteiger partial charge in [0.15, 0.2) is 11.5 Å². The summed E-state index contributed by atoms with van der Waals surface area (Å²) in [6.45, 7) is 1.85. The van der Waals surface area contributed by atoms with Crippen molar-refractivity contribution in [1.82, 2.24) is 14.7 Å². The van der Waals surface area contributed by atoms with Crippen LogP contribution in [0.25, 0.3) is 0 Å². The average Bonchev–Trinajstić information content (AvgIpc) is 3.58. The smallest absolute Gasteiger partial charge is 0.433 e. The minimum Gasteiger partial charge on any atom is -0.481 e. The minimum atomic E-state index is -4.90. The molecule has 7 nitrogen and oxygen atoms in total. The molecule has 2 aromatic rings. The Labute approximate surface area is 246 Å². The Morgan fingerprint density at radius 1 is 1.07 bits per heavy atom. The maximum Gasteiger partial charge on any atom is 0.433 e. The molecular formula is C29H32Cl2F3N3O4. The minimum absolute atomic E-state index is 0.0238. The lowest BCUT2D eigenvalue weighted by molar-refractivity contribution is -0.147. The molecule has 0 radical (unpaired) electrons. The number of hydrogen-bond acceptors (Lipinski definition) is 4. The van der Waals surface area contributed by atoms with E-state index in [1.165, 1.54) is 17.0 Å². The van der Waals surface area contributed by atoms with Gasteiger partial charge in [0, 0.05) is 6.54 Å².